The van der Waals surface area contributed by atoms with E-state index < -0.39 is 10.0 Å². The number of halogens is 1. The third kappa shape index (κ3) is 3.34. The maximum Gasteiger partial charge on any atom is 0.252 e. The Labute approximate surface area is 142 Å². The second kappa shape index (κ2) is 6.27. The van der Waals surface area contributed by atoms with Gasteiger partial charge in [0.25, 0.3) is 10.0 Å². The van der Waals surface area contributed by atoms with Gasteiger partial charge in [-0.1, -0.05) is 6.07 Å². The number of hydrogen-bond acceptors (Lipinski definition) is 5. The van der Waals surface area contributed by atoms with Crippen molar-refractivity contribution < 1.29 is 13.2 Å². The number of ether oxygens (including phenoxy) is 1. The summed E-state index contributed by atoms with van der Waals surface area (Å²) in [5, 5.41) is 0. The van der Waals surface area contributed by atoms with Crippen LogP contribution >= 0.6 is 27.3 Å². The first-order valence-corrected chi connectivity index (χ1v) is 9.85. The Bertz CT molecular complexity index is 759. The van der Waals surface area contributed by atoms with Gasteiger partial charge in [0, 0.05) is 18.8 Å². The Kier molecular flexibility index (Phi) is 4.54. The van der Waals surface area contributed by atoms with Gasteiger partial charge in [-0.05, 0) is 47.0 Å². The Morgan fingerprint density at radius 3 is 2.82 bits per heavy atom. The molecule has 5 nitrogen and oxygen atoms in total. The van der Waals surface area contributed by atoms with Gasteiger partial charge in [-0.15, -0.1) is 11.3 Å². The Morgan fingerprint density at radius 1 is 1.36 bits per heavy atom. The van der Waals surface area contributed by atoms with Crippen molar-refractivity contribution in [3.63, 3.8) is 0 Å². The molecule has 118 valence electrons. The lowest BCUT2D eigenvalue weighted by atomic mass is 10.3. The zero-order valence-corrected chi connectivity index (χ0v) is 15.1. The van der Waals surface area contributed by atoms with Crippen molar-refractivity contribution in [3.8, 4) is 5.88 Å². The number of nitrogens with zero attached hydrogens (tertiary/aromatic N) is 2. The van der Waals surface area contributed by atoms with Gasteiger partial charge in [0.05, 0.1) is 10.3 Å². The first kappa shape index (κ1) is 15.9. The van der Waals surface area contributed by atoms with Gasteiger partial charge in [0.1, 0.15) is 10.3 Å². The maximum atomic E-state index is 12.5. The molecule has 3 heterocycles. The maximum absolute atomic E-state index is 12.5. The van der Waals surface area contributed by atoms with Crippen molar-refractivity contribution in [1.29, 1.82) is 0 Å². The van der Waals surface area contributed by atoms with Gasteiger partial charge >= 0.3 is 0 Å². The van der Waals surface area contributed by atoms with Crippen LogP contribution < -0.4 is 4.74 Å². The Morgan fingerprint density at radius 2 is 2.18 bits per heavy atom. The molecule has 2 aromatic rings. The minimum atomic E-state index is -3.43. The second-order valence-electron chi connectivity index (χ2n) is 5.12. The van der Waals surface area contributed by atoms with Gasteiger partial charge in [-0.3, -0.25) is 0 Å². The number of aryl methyl sites for hydroxylation is 1. The van der Waals surface area contributed by atoms with E-state index in [2.05, 4.69) is 20.9 Å². The highest BCUT2D eigenvalue weighted by Gasteiger charge is 2.34. The molecule has 0 spiro atoms. The lowest BCUT2D eigenvalue weighted by Gasteiger charge is -2.16. The molecular weight excluding hydrogens is 388 g/mol. The third-order valence-electron chi connectivity index (χ3n) is 3.42. The molecule has 1 atom stereocenters. The van der Waals surface area contributed by atoms with Crippen LogP contribution in [0.5, 0.6) is 5.88 Å². The fourth-order valence-corrected chi connectivity index (χ4v) is 5.92. The normalized spacial score (nSPS) is 19.5. The van der Waals surface area contributed by atoms with E-state index >= 15 is 0 Å². The summed E-state index contributed by atoms with van der Waals surface area (Å²) in [5.41, 5.74) is 1.06. The summed E-state index contributed by atoms with van der Waals surface area (Å²) in [5.74, 6) is 0.536. The monoisotopic (exact) mass is 402 g/mol. The Hall–Kier alpha value is -0.960. The van der Waals surface area contributed by atoms with Crippen molar-refractivity contribution >= 4 is 37.3 Å². The summed E-state index contributed by atoms with van der Waals surface area (Å²) in [6, 6.07) is 7.11. The van der Waals surface area contributed by atoms with Crippen LogP contribution in [0.15, 0.2) is 38.5 Å². The topological polar surface area (TPSA) is 59.5 Å². The fourth-order valence-electron chi connectivity index (χ4n) is 2.27. The summed E-state index contributed by atoms with van der Waals surface area (Å²) in [7, 11) is -3.43. The standard InChI is InChI=1S/C14H15BrN2O3S2/c1-10-2-4-13(16-8-10)20-11-6-7-17(9-11)22(18,19)14-5-3-12(15)21-14/h2-5,8,11H,6-7,9H2,1H3. The molecule has 1 aliphatic rings. The van der Waals surface area contributed by atoms with E-state index in [0.717, 1.165) is 9.35 Å². The zero-order valence-electron chi connectivity index (χ0n) is 11.9. The highest BCUT2D eigenvalue weighted by molar-refractivity contribution is 9.11. The van der Waals surface area contributed by atoms with Crippen molar-refractivity contribution in [2.45, 2.75) is 23.7 Å². The molecule has 1 saturated heterocycles. The number of pyridine rings is 1. The van der Waals surface area contributed by atoms with Crippen LogP contribution in [0.2, 0.25) is 0 Å². The van der Waals surface area contributed by atoms with Gasteiger partial charge < -0.3 is 4.74 Å². The number of sulfonamides is 1. The molecule has 0 amide bonds. The fraction of sp³-hybridized carbons (Fsp3) is 0.357. The van der Waals surface area contributed by atoms with Crippen LogP contribution in [-0.4, -0.2) is 36.9 Å². The summed E-state index contributed by atoms with van der Waals surface area (Å²) in [6.45, 7) is 2.78. The minimum absolute atomic E-state index is 0.159. The van der Waals surface area contributed by atoms with E-state index in [1.54, 1.807) is 18.3 Å². The van der Waals surface area contributed by atoms with E-state index in [1.807, 2.05) is 19.1 Å². The van der Waals surface area contributed by atoms with Crippen LogP contribution in [-0.2, 0) is 10.0 Å². The van der Waals surface area contributed by atoms with Gasteiger partial charge in [0.2, 0.25) is 5.88 Å². The number of hydrogen-bond donors (Lipinski definition) is 0. The number of aromatic nitrogens is 1. The van der Waals surface area contributed by atoms with E-state index in [9.17, 15) is 8.42 Å². The van der Waals surface area contributed by atoms with Crippen LogP contribution in [0.25, 0.3) is 0 Å². The largest absolute Gasteiger partial charge is 0.473 e. The molecule has 0 saturated carbocycles. The van der Waals surface area contributed by atoms with E-state index in [0.29, 0.717) is 29.6 Å². The van der Waals surface area contributed by atoms with E-state index in [-0.39, 0.29) is 6.10 Å². The second-order valence-corrected chi connectivity index (χ2v) is 9.75. The van der Waals surface area contributed by atoms with Crippen LogP contribution in [0, 0.1) is 6.92 Å². The number of rotatable bonds is 4. The van der Waals surface area contributed by atoms with Crippen molar-refractivity contribution in [2.75, 3.05) is 13.1 Å². The summed E-state index contributed by atoms with van der Waals surface area (Å²) < 4.78 is 33.5. The molecule has 3 rings (SSSR count). The van der Waals surface area contributed by atoms with Crippen molar-refractivity contribution in [1.82, 2.24) is 9.29 Å². The minimum Gasteiger partial charge on any atom is -0.473 e. The SMILES string of the molecule is Cc1ccc(OC2CCN(S(=O)(=O)c3ccc(Br)s3)C2)nc1. The first-order valence-electron chi connectivity index (χ1n) is 6.80. The lowest BCUT2D eigenvalue weighted by Crippen LogP contribution is -2.30. The molecule has 0 radical (unpaired) electrons. The molecule has 22 heavy (non-hydrogen) atoms. The lowest BCUT2D eigenvalue weighted by molar-refractivity contribution is 0.207. The first-order chi connectivity index (χ1) is 10.4. The smallest absolute Gasteiger partial charge is 0.252 e. The number of thiophene rings is 1. The van der Waals surface area contributed by atoms with Gasteiger partial charge in [-0.2, -0.15) is 4.31 Å². The molecule has 1 aliphatic heterocycles. The van der Waals surface area contributed by atoms with Crippen LogP contribution in [0.3, 0.4) is 0 Å². The highest BCUT2D eigenvalue weighted by Crippen LogP contribution is 2.30. The van der Waals surface area contributed by atoms with Gasteiger partial charge in [-0.25, -0.2) is 13.4 Å². The van der Waals surface area contributed by atoms with Crippen molar-refractivity contribution in [3.05, 3.63) is 39.8 Å². The van der Waals surface area contributed by atoms with E-state index in [4.69, 9.17) is 4.74 Å². The average Bonchev–Trinajstić information content (AvgIpc) is 3.11. The molecule has 8 heteroatoms. The zero-order chi connectivity index (χ0) is 15.7. The average molecular weight is 403 g/mol. The van der Waals surface area contributed by atoms with E-state index in [1.165, 1.54) is 15.6 Å². The third-order valence-corrected chi connectivity index (χ3v) is 7.38. The quantitative estimate of drug-likeness (QED) is 0.788. The predicted octanol–water partition coefficient (Wildman–Crippen LogP) is 3.06. The molecule has 0 aromatic carbocycles. The highest BCUT2D eigenvalue weighted by atomic mass is 79.9. The molecule has 1 fully saturated rings. The summed E-state index contributed by atoms with van der Waals surface area (Å²) in [6.07, 6.45) is 2.25. The molecular formula is C14H15BrN2O3S2. The molecule has 2 aromatic heterocycles. The van der Waals surface area contributed by atoms with Crippen LogP contribution in [0.4, 0.5) is 0 Å². The summed E-state index contributed by atoms with van der Waals surface area (Å²) >= 11 is 4.52. The summed E-state index contributed by atoms with van der Waals surface area (Å²) in [4.78, 5) is 4.20. The predicted molar refractivity (Wildman–Crippen MR) is 88.8 cm³/mol. The molecule has 0 bridgehead atoms. The molecule has 0 N–H and O–H groups in total. The van der Waals surface area contributed by atoms with Crippen LogP contribution in [0.1, 0.15) is 12.0 Å². The molecule has 0 aliphatic carbocycles. The molecule has 1 unspecified atom stereocenters. The Balaban J connectivity index is 1.68. The van der Waals surface area contributed by atoms with Gasteiger partial charge in [0.15, 0.2) is 0 Å². The van der Waals surface area contributed by atoms with Crippen molar-refractivity contribution in [2.24, 2.45) is 0 Å².